The SMILES string of the molecule is CN1CC(C)(C)Cn2c1nc1cc(-c3ccccn3)ccc1c2=O. The molecule has 1 aliphatic rings. The van der Waals surface area contributed by atoms with Crippen molar-refractivity contribution in [1.29, 1.82) is 0 Å². The van der Waals surface area contributed by atoms with Gasteiger partial charge in [-0.1, -0.05) is 26.0 Å². The molecule has 0 atom stereocenters. The molecule has 0 aliphatic carbocycles. The monoisotopic (exact) mass is 320 g/mol. The van der Waals surface area contributed by atoms with Crippen molar-refractivity contribution >= 4 is 16.9 Å². The Kier molecular flexibility index (Phi) is 3.20. The minimum absolute atomic E-state index is 0.0298. The molecule has 0 N–H and O–H groups in total. The molecule has 5 heteroatoms. The van der Waals surface area contributed by atoms with Gasteiger partial charge < -0.3 is 4.90 Å². The Hall–Kier alpha value is -2.69. The lowest BCUT2D eigenvalue weighted by Gasteiger charge is -2.38. The summed E-state index contributed by atoms with van der Waals surface area (Å²) < 4.78 is 1.80. The van der Waals surface area contributed by atoms with E-state index in [4.69, 9.17) is 4.98 Å². The van der Waals surface area contributed by atoms with E-state index in [1.807, 2.05) is 43.4 Å². The van der Waals surface area contributed by atoms with E-state index in [-0.39, 0.29) is 11.0 Å². The largest absolute Gasteiger partial charge is 0.345 e. The van der Waals surface area contributed by atoms with Gasteiger partial charge in [-0.25, -0.2) is 4.98 Å². The molecule has 0 fully saturated rings. The van der Waals surface area contributed by atoms with Crippen LogP contribution >= 0.6 is 0 Å². The maximum atomic E-state index is 12.9. The fourth-order valence-corrected chi connectivity index (χ4v) is 3.53. The summed E-state index contributed by atoms with van der Waals surface area (Å²) in [5.41, 5.74) is 2.66. The molecule has 3 heterocycles. The summed E-state index contributed by atoms with van der Waals surface area (Å²) >= 11 is 0. The third-order valence-electron chi connectivity index (χ3n) is 4.49. The van der Waals surface area contributed by atoms with Gasteiger partial charge in [-0.05, 0) is 24.3 Å². The van der Waals surface area contributed by atoms with Crippen molar-refractivity contribution in [2.75, 3.05) is 18.5 Å². The average molecular weight is 320 g/mol. The van der Waals surface area contributed by atoms with Crippen LogP contribution in [0.4, 0.5) is 5.95 Å². The average Bonchev–Trinajstić information content (AvgIpc) is 2.56. The van der Waals surface area contributed by atoms with Gasteiger partial charge in [-0.2, -0.15) is 0 Å². The number of aromatic nitrogens is 3. The molecule has 0 spiro atoms. The highest BCUT2D eigenvalue weighted by molar-refractivity contribution is 5.84. The maximum Gasteiger partial charge on any atom is 0.262 e. The zero-order valence-corrected chi connectivity index (χ0v) is 14.2. The lowest BCUT2D eigenvalue weighted by Crippen LogP contribution is -2.45. The molecule has 5 nitrogen and oxygen atoms in total. The molecule has 1 aromatic carbocycles. The third kappa shape index (κ3) is 2.37. The second kappa shape index (κ2) is 5.16. The molecule has 122 valence electrons. The zero-order valence-electron chi connectivity index (χ0n) is 14.2. The Morgan fingerprint density at radius 3 is 2.71 bits per heavy atom. The minimum atomic E-state index is 0.0298. The Morgan fingerprint density at radius 1 is 1.12 bits per heavy atom. The van der Waals surface area contributed by atoms with Crippen LogP contribution in [0.15, 0.2) is 47.4 Å². The van der Waals surface area contributed by atoms with Crippen molar-refractivity contribution in [1.82, 2.24) is 14.5 Å². The fourth-order valence-electron chi connectivity index (χ4n) is 3.53. The first-order valence-electron chi connectivity index (χ1n) is 8.12. The summed E-state index contributed by atoms with van der Waals surface area (Å²) in [4.78, 5) is 24.2. The van der Waals surface area contributed by atoms with E-state index >= 15 is 0 Å². The van der Waals surface area contributed by atoms with E-state index in [0.29, 0.717) is 11.9 Å². The van der Waals surface area contributed by atoms with Crippen LogP contribution < -0.4 is 10.5 Å². The van der Waals surface area contributed by atoms with Gasteiger partial charge in [0.05, 0.1) is 16.6 Å². The number of benzene rings is 1. The van der Waals surface area contributed by atoms with Gasteiger partial charge in [-0.15, -0.1) is 0 Å². The summed E-state index contributed by atoms with van der Waals surface area (Å²) in [6.45, 7) is 5.92. The Bertz CT molecular complexity index is 976. The van der Waals surface area contributed by atoms with Crippen LogP contribution in [0.3, 0.4) is 0 Å². The molecular weight excluding hydrogens is 300 g/mol. The first-order chi connectivity index (χ1) is 11.4. The molecule has 0 saturated carbocycles. The predicted octanol–water partition coefficient (Wildman–Crippen LogP) is 2.93. The molecule has 0 saturated heterocycles. The number of nitrogens with zero attached hydrogens (tertiary/aromatic N) is 4. The van der Waals surface area contributed by atoms with Crippen LogP contribution in [0.5, 0.6) is 0 Å². The van der Waals surface area contributed by atoms with Crippen LogP contribution in [0.2, 0.25) is 0 Å². The van der Waals surface area contributed by atoms with Crippen LogP contribution in [0, 0.1) is 5.41 Å². The highest BCUT2D eigenvalue weighted by Gasteiger charge is 2.30. The first-order valence-corrected chi connectivity index (χ1v) is 8.12. The Labute approximate surface area is 140 Å². The van der Waals surface area contributed by atoms with Gasteiger partial charge in [-0.3, -0.25) is 14.3 Å². The molecule has 1 aliphatic heterocycles. The lowest BCUT2D eigenvalue weighted by atomic mass is 9.91. The molecule has 4 rings (SSSR count). The Morgan fingerprint density at radius 2 is 1.96 bits per heavy atom. The standard InChI is InChI=1S/C19H20N4O/c1-19(2)11-22(3)18-21-16-10-13(15-6-4-5-9-20-15)7-8-14(16)17(24)23(18)12-19/h4-10H,11-12H2,1-3H3. The summed E-state index contributed by atoms with van der Waals surface area (Å²) in [7, 11) is 1.99. The van der Waals surface area contributed by atoms with Crippen LogP contribution in [-0.4, -0.2) is 28.1 Å². The smallest absolute Gasteiger partial charge is 0.262 e. The molecule has 0 amide bonds. The van der Waals surface area contributed by atoms with Crippen molar-refractivity contribution in [3.8, 4) is 11.3 Å². The number of pyridine rings is 1. The van der Waals surface area contributed by atoms with Crippen LogP contribution in [-0.2, 0) is 6.54 Å². The normalized spacial score (nSPS) is 16.2. The van der Waals surface area contributed by atoms with E-state index in [1.165, 1.54) is 0 Å². The first kappa shape index (κ1) is 14.9. The second-order valence-electron chi connectivity index (χ2n) is 7.27. The summed E-state index contributed by atoms with van der Waals surface area (Å²) in [5.74, 6) is 0.741. The number of hydrogen-bond acceptors (Lipinski definition) is 4. The second-order valence-corrected chi connectivity index (χ2v) is 7.27. The van der Waals surface area contributed by atoms with Gasteiger partial charge in [0.2, 0.25) is 5.95 Å². The molecule has 3 aromatic rings. The predicted molar refractivity (Wildman–Crippen MR) is 96.3 cm³/mol. The molecule has 0 radical (unpaired) electrons. The van der Waals surface area contributed by atoms with Gasteiger partial charge in [0.1, 0.15) is 0 Å². The number of rotatable bonds is 1. The van der Waals surface area contributed by atoms with Crippen LogP contribution in [0.1, 0.15) is 13.8 Å². The van der Waals surface area contributed by atoms with E-state index in [0.717, 1.165) is 29.3 Å². The molecular formula is C19H20N4O. The topological polar surface area (TPSA) is 51.0 Å². The van der Waals surface area contributed by atoms with E-state index in [1.54, 1.807) is 10.8 Å². The summed E-state index contributed by atoms with van der Waals surface area (Å²) in [5, 5.41) is 0.657. The van der Waals surface area contributed by atoms with E-state index in [9.17, 15) is 4.79 Å². The zero-order chi connectivity index (χ0) is 16.9. The van der Waals surface area contributed by atoms with Gasteiger partial charge >= 0.3 is 0 Å². The number of fused-ring (bicyclic) bond motifs is 2. The van der Waals surface area contributed by atoms with Crippen molar-refractivity contribution in [2.24, 2.45) is 5.41 Å². The fraction of sp³-hybridized carbons (Fsp3) is 0.316. The van der Waals surface area contributed by atoms with Gasteiger partial charge in [0, 0.05) is 37.3 Å². The summed E-state index contributed by atoms with van der Waals surface area (Å²) in [6, 6.07) is 11.6. The number of anilines is 1. The highest BCUT2D eigenvalue weighted by atomic mass is 16.1. The molecule has 0 bridgehead atoms. The van der Waals surface area contributed by atoms with E-state index in [2.05, 4.69) is 23.7 Å². The van der Waals surface area contributed by atoms with Gasteiger partial charge in [0.15, 0.2) is 0 Å². The Balaban J connectivity index is 1.93. The van der Waals surface area contributed by atoms with Crippen LogP contribution in [0.25, 0.3) is 22.2 Å². The van der Waals surface area contributed by atoms with Crippen molar-refractivity contribution in [2.45, 2.75) is 20.4 Å². The molecule has 24 heavy (non-hydrogen) atoms. The van der Waals surface area contributed by atoms with Gasteiger partial charge in [0.25, 0.3) is 5.56 Å². The minimum Gasteiger partial charge on any atom is -0.345 e. The lowest BCUT2D eigenvalue weighted by molar-refractivity contribution is 0.282. The third-order valence-corrected chi connectivity index (χ3v) is 4.49. The molecule has 0 unspecified atom stereocenters. The van der Waals surface area contributed by atoms with Crippen molar-refractivity contribution in [3.63, 3.8) is 0 Å². The van der Waals surface area contributed by atoms with Crippen molar-refractivity contribution < 1.29 is 0 Å². The maximum absolute atomic E-state index is 12.9. The highest BCUT2D eigenvalue weighted by Crippen LogP contribution is 2.29. The van der Waals surface area contributed by atoms with E-state index < -0.39 is 0 Å². The summed E-state index contributed by atoms with van der Waals surface area (Å²) in [6.07, 6.45) is 1.77. The number of hydrogen-bond donors (Lipinski definition) is 0. The van der Waals surface area contributed by atoms with Crippen molar-refractivity contribution in [3.05, 3.63) is 52.9 Å². The quantitative estimate of drug-likeness (QED) is 0.692. The molecule has 2 aromatic heterocycles.